The predicted molar refractivity (Wildman–Crippen MR) is 258 cm³/mol. The molecule has 11 rings (SSSR count). The van der Waals surface area contributed by atoms with E-state index in [1.54, 1.807) is 0 Å². The molecule has 0 bridgehead atoms. The maximum absolute atomic E-state index is 6.59. The van der Waals surface area contributed by atoms with Gasteiger partial charge in [0.2, 0.25) is 0 Å². The summed E-state index contributed by atoms with van der Waals surface area (Å²) in [5.41, 5.74) is 20.6. The van der Waals surface area contributed by atoms with E-state index in [2.05, 4.69) is 190 Å². The second-order valence-electron chi connectivity index (χ2n) is 22.3. The van der Waals surface area contributed by atoms with Gasteiger partial charge in [0, 0.05) is 55.8 Å². The molecule has 8 aromatic rings. The number of anilines is 2. The van der Waals surface area contributed by atoms with Crippen molar-refractivity contribution >= 4 is 73.3 Å². The average Bonchev–Trinajstić information content (AvgIpc) is 3.73. The van der Waals surface area contributed by atoms with Crippen molar-refractivity contribution in [1.82, 2.24) is 4.57 Å². The number of fused-ring (bicyclic) bond motifs is 10. The Hall–Kier alpha value is -5.22. The molecule has 60 heavy (non-hydrogen) atoms. The van der Waals surface area contributed by atoms with Crippen molar-refractivity contribution in [2.45, 2.75) is 129 Å². The van der Waals surface area contributed by atoms with E-state index in [4.69, 9.17) is 4.42 Å². The van der Waals surface area contributed by atoms with Gasteiger partial charge in [-0.3, -0.25) is 0 Å². The molecule has 1 radical (unpaired) electrons. The molecule has 2 aromatic heterocycles. The topological polar surface area (TPSA) is 30.1 Å². The molecule has 3 nitrogen and oxygen atoms in total. The van der Waals surface area contributed by atoms with Gasteiger partial charge >= 0.3 is 0 Å². The monoisotopic (exact) mass is 785 g/mol. The lowest BCUT2D eigenvalue weighted by atomic mass is 9.55. The molecule has 1 N–H and O–H groups in total. The zero-order valence-electron chi connectivity index (χ0n) is 37.5. The van der Waals surface area contributed by atoms with Gasteiger partial charge in [-0.2, -0.15) is 0 Å². The SMILES string of the molecule is CC(C)(C)c1ccc(Nc2cc3c(cc2-c2ccc4c5cc6c(cc5n5c4c2[B]c2cc4c(cc2-5)C(C)(C)CCC4(C)C)oc2ccccc26)C(C)(C)CCC3(C)C)cc1. The molecule has 2 aliphatic carbocycles. The van der Waals surface area contributed by atoms with Crippen molar-refractivity contribution in [3.05, 3.63) is 125 Å². The number of benzene rings is 6. The van der Waals surface area contributed by atoms with Crippen LogP contribution in [0.4, 0.5) is 11.4 Å². The van der Waals surface area contributed by atoms with Crippen LogP contribution in [-0.2, 0) is 27.1 Å². The second kappa shape index (κ2) is 12.2. The number of nitrogens with one attached hydrogen (secondary N) is 1. The molecule has 0 amide bonds. The van der Waals surface area contributed by atoms with Gasteiger partial charge in [0.25, 0.3) is 0 Å². The smallest absolute Gasteiger partial charge is 0.197 e. The van der Waals surface area contributed by atoms with E-state index in [1.807, 2.05) is 0 Å². The fourth-order valence-corrected chi connectivity index (χ4v) is 11.2. The highest BCUT2D eigenvalue weighted by molar-refractivity contribution is 6.73. The van der Waals surface area contributed by atoms with Gasteiger partial charge in [-0.1, -0.05) is 130 Å². The highest BCUT2D eigenvalue weighted by Crippen LogP contribution is 2.51. The summed E-state index contributed by atoms with van der Waals surface area (Å²) in [6.45, 7) is 26.4. The van der Waals surface area contributed by atoms with Crippen LogP contribution in [0.2, 0.25) is 0 Å². The first kappa shape index (κ1) is 37.8. The summed E-state index contributed by atoms with van der Waals surface area (Å²) in [6, 6.07) is 37.3. The summed E-state index contributed by atoms with van der Waals surface area (Å²) in [5.74, 6) is 0. The Kier molecular flexibility index (Phi) is 7.68. The van der Waals surface area contributed by atoms with E-state index in [-0.39, 0.29) is 27.1 Å². The quantitative estimate of drug-likeness (QED) is 0.181. The third-order valence-corrected chi connectivity index (χ3v) is 15.3. The standard InChI is InChI=1S/C56H58BN2O/c1-52(2,3)32-16-18-33(19-17-32)58-45-29-42-40(53(4,5)22-24-55(42,8)9)27-37(45)35-20-21-36-38-26-39-34-14-12-13-15-48(34)60-49(39)31-46(38)59-47-30-43-41(28-44(47)57-50(35)51(36)59)54(6,7)23-25-56(43,10)11/h12-21,26-31,58H,22-25H2,1-11H3. The lowest BCUT2D eigenvalue weighted by molar-refractivity contribution is 0.332. The molecule has 3 heterocycles. The average molecular weight is 786 g/mol. The van der Waals surface area contributed by atoms with Crippen LogP contribution in [-0.4, -0.2) is 11.8 Å². The fraction of sp³-hybridized carbons (Fsp3) is 0.357. The van der Waals surface area contributed by atoms with E-state index in [0.717, 1.165) is 27.9 Å². The molecule has 1 aliphatic heterocycles. The van der Waals surface area contributed by atoms with Gasteiger partial charge < -0.3 is 14.3 Å². The van der Waals surface area contributed by atoms with Crippen LogP contribution < -0.4 is 16.2 Å². The Morgan fingerprint density at radius 1 is 0.567 bits per heavy atom. The van der Waals surface area contributed by atoms with Crippen LogP contribution in [0.1, 0.15) is 130 Å². The molecule has 0 spiro atoms. The highest BCUT2D eigenvalue weighted by Gasteiger charge is 2.41. The maximum Gasteiger partial charge on any atom is 0.197 e. The number of furan rings is 1. The van der Waals surface area contributed by atoms with Crippen molar-refractivity contribution in [2.24, 2.45) is 0 Å². The normalized spacial score (nSPS) is 18.3. The van der Waals surface area contributed by atoms with E-state index >= 15 is 0 Å². The highest BCUT2D eigenvalue weighted by atomic mass is 16.3. The molecule has 3 aliphatic rings. The van der Waals surface area contributed by atoms with E-state index in [1.165, 1.54) is 108 Å². The molecule has 0 saturated carbocycles. The first-order valence-electron chi connectivity index (χ1n) is 22.3. The van der Waals surface area contributed by atoms with Crippen LogP contribution >= 0.6 is 0 Å². The third-order valence-electron chi connectivity index (χ3n) is 15.3. The van der Waals surface area contributed by atoms with Gasteiger partial charge in [-0.05, 0) is 134 Å². The minimum Gasteiger partial charge on any atom is -0.456 e. The minimum atomic E-state index is 0.0628. The van der Waals surface area contributed by atoms with Gasteiger partial charge in [0.15, 0.2) is 7.28 Å². The number of hydrogen-bond acceptors (Lipinski definition) is 2. The van der Waals surface area contributed by atoms with Crippen molar-refractivity contribution in [2.75, 3.05) is 5.32 Å². The zero-order chi connectivity index (χ0) is 41.9. The van der Waals surface area contributed by atoms with E-state index < -0.39 is 0 Å². The molecule has 0 unspecified atom stereocenters. The number of para-hydroxylation sites is 1. The van der Waals surface area contributed by atoms with Crippen LogP contribution in [0.5, 0.6) is 0 Å². The van der Waals surface area contributed by atoms with Crippen molar-refractivity contribution in [3.63, 3.8) is 0 Å². The summed E-state index contributed by atoms with van der Waals surface area (Å²) in [4.78, 5) is 0. The van der Waals surface area contributed by atoms with E-state index in [9.17, 15) is 0 Å². The van der Waals surface area contributed by atoms with Crippen molar-refractivity contribution in [1.29, 1.82) is 0 Å². The Balaban J connectivity index is 1.22. The Morgan fingerprint density at radius 3 is 1.85 bits per heavy atom. The van der Waals surface area contributed by atoms with E-state index in [0.29, 0.717) is 0 Å². The van der Waals surface area contributed by atoms with Gasteiger partial charge in [-0.15, -0.1) is 0 Å². The molecule has 6 aromatic carbocycles. The van der Waals surface area contributed by atoms with Crippen LogP contribution in [0.15, 0.2) is 101 Å². The van der Waals surface area contributed by atoms with Gasteiger partial charge in [0.05, 0.1) is 5.52 Å². The van der Waals surface area contributed by atoms with Crippen LogP contribution in [0.3, 0.4) is 0 Å². The first-order chi connectivity index (χ1) is 28.3. The number of rotatable bonds is 3. The summed E-state index contributed by atoms with van der Waals surface area (Å²) in [5, 5.41) is 8.88. The van der Waals surface area contributed by atoms with Crippen molar-refractivity contribution in [3.8, 4) is 16.8 Å². The Morgan fingerprint density at radius 2 is 1.18 bits per heavy atom. The Labute approximate surface area is 356 Å². The molecule has 0 atom stereocenters. The Bertz CT molecular complexity index is 3120. The summed E-state index contributed by atoms with van der Waals surface area (Å²) >= 11 is 0. The minimum absolute atomic E-state index is 0.0628. The van der Waals surface area contributed by atoms with Gasteiger partial charge in [-0.25, -0.2) is 0 Å². The van der Waals surface area contributed by atoms with Crippen LogP contribution in [0.25, 0.3) is 60.6 Å². The fourth-order valence-electron chi connectivity index (χ4n) is 11.2. The molecule has 0 saturated heterocycles. The number of hydrogen-bond donors (Lipinski definition) is 1. The second-order valence-corrected chi connectivity index (χ2v) is 22.3. The molecular formula is C56H58BN2O. The predicted octanol–water partition coefficient (Wildman–Crippen LogP) is 14.1. The summed E-state index contributed by atoms with van der Waals surface area (Å²) in [7, 11) is 2.53. The number of aromatic nitrogens is 1. The maximum atomic E-state index is 6.59. The molecule has 4 heteroatoms. The van der Waals surface area contributed by atoms with Gasteiger partial charge in [0.1, 0.15) is 11.2 Å². The largest absolute Gasteiger partial charge is 0.456 e. The summed E-state index contributed by atoms with van der Waals surface area (Å²) < 4.78 is 9.18. The van der Waals surface area contributed by atoms with Crippen molar-refractivity contribution < 1.29 is 4.42 Å². The van der Waals surface area contributed by atoms with Crippen LogP contribution in [0, 0.1) is 0 Å². The number of nitrogens with zero attached hydrogens (tertiary/aromatic N) is 1. The zero-order valence-corrected chi connectivity index (χ0v) is 37.5. The molecular weight excluding hydrogens is 727 g/mol. The molecule has 301 valence electrons. The molecule has 0 fully saturated rings. The first-order valence-corrected chi connectivity index (χ1v) is 22.3. The summed E-state index contributed by atoms with van der Waals surface area (Å²) in [6.07, 6.45) is 4.70. The lowest BCUT2D eigenvalue weighted by Crippen LogP contribution is -2.41. The lowest BCUT2D eigenvalue weighted by Gasteiger charge is -2.43. The third kappa shape index (κ3) is 5.48.